The molecular formula is C46H41N. The number of fused-ring (bicyclic) bond motifs is 6. The lowest BCUT2D eigenvalue weighted by molar-refractivity contribution is 0.590. The Morgan fingerprint density at radius 3 is 1.70 bits per heavy atom. The highest BCUT2D eigenvalue weighted by Crippen LogP contribution is 2.51. The summed E-state index contributed by atoms with van der Waals surface area (Å²) in [5.41, 5.74) is 15.6. The fraction of sp³-hybridized carbons (Fsp3) is 0.174. The number of benzene rings is 7. The van der Waals surface area contributed by atoms with Gasteiger partial charge in [-0.05, 0) is 151 Å². The van der Waals surface area contributed by atoms with Crippen LogP contribution in [0.4, 0.5) is 17.1 Å². The zero-order chi connectivity index (χ0) is 32.4. The van der Waals surface area contributed by atoms with E-state index in [1.165, 1.54) is 88.7 Å². The minimum Gasteiger partial charge on any atom is -0.310 e. The molecule has 0 bridgehead atoms. The van der Waals surface area contributed by atoms with Crippen LogP contribution in [0.15, 0.2) is 133 Å². The smallest absolute Gasteiger partial charge is 0.0490 e. The van der Waals surface area contributed by atoms with E-state index in [0.29, 0.717) is 5.92 Å². The van der Waals surface area contributed by atoms with Gasteiger partial charge in [0, 0.05) is 17.1 Å². The molecule has 0 radical (unpaired) electrons. The summed E-state index contributed by atoms with van der Waals surface area (Å²) in [6.07, 6.45) is 0. The number of hydrogen-bond acceptors (Lipinski definition) is 1. The second kappa shape index (κ2) is 11.0. The average Bonchev–Trinajstić information content (AvgIpc) is 3.07. The predicted molar refractivity (Wildman–Crippen MR) is 204 cm³/mol. The van der Waals surface area contributed by atoms with Crippen LogP contribution in [0.2, 0.25) is 0 Å². The third kappa shape index (κ3) is 5.11. The molecule has 0 spiro atoms. The van der Waals surface area contributed by atoms with Gasteiger partial charge >= 0.3 is 0 Å². The molecule has 0 fully saturated rings. The molecule has 1 nitrogen and oxygen atoms in total. The first-order valence-electron chi connectivity index (χ1n) is 16.9. The number of hydrogen-bond donors (Lipinski definition) is 0. The highest BCUT2D eigenvalue weighted by atomic mass is 15.1. The molecule has 0 unspecified atom stereocenters. The lowest BCUT2D eigenvalue weighted by Crippen LogP contribution is -2.11. The molecule has 0 saturated heterocycles. The first-order valence-corrected chi connectivity index (χ1v) is 16.9. The Balaban J connectivity index is 1.18. The molecule has 7 aromatic rings. The van der Waals surface area contributed by atoms with Gasteiger partial charge in [-0.25, -0.2) is 0 Å². The quantitative estimate of drug-likeness (QED) is 0.188. The zero-order valence-electron chi connectivity index (χ0n) is 28.2. The second-order valence-corrected chi connectivity index (χ2v) is 14.6. The second-order valence-electron chi connectivity index (χ2n) is 14.6. The van der Waals surface area contributed by atoms with E-state index in [4.69, 9.17) is 0 Å². The van der Waals surface area contributed by atoms with E-state index < -0.39 is 0 Å². The van der Waals surface area contributed by atoms with Gasteiger partial charge in [0.15, 0.2) is 0 Å². The Kier molecular flexibility index (Phi) is 6.84. The van der Waals surface area contributed by atoms with Gasteiger partial charge < -0.3 is 4.90 Å². The third-order valence-electron chi connectivity index (χ3n) is 10.0. The molecule has 0 aliphatic heterocycles. The molecule has 0 N–H and O–H groups in total. The number of rotatable bonds is 5. The lowest BCUT2D eigenvalue weighted by atomic mass is 9.77. The highest BCUT2D eigenvalue weighted by Gasteiger charge is 2.24. The third-order valence-corrected chi connectivity index (χ3v) is 10.0. The van der Waals surface area contributed by atoms with Crippen molar-refractivity contribution in [3.8, 4) is 33.4 Å². The Morgan fingerprint density at radius 2 is 1.06 bits per heavy atom. The normalized spacial score (nSPS) is 12.2. The van der Waals surface area contributed by atoms with Crippen LogP contribution >= 0.6 is 0 Å². The molecule has 8 rings (SSSR count). The summed E-state index contributed by atoms with van der Waals surface area (Å²) in [4.78, 5) is 2.41. The Bertz CT molecular complexity index is 2310. The van der Waals surface area contributed by atoms with Crippen LogP contribution in [0.1, 0.15) is 57.2 Å². The first kappa shape index (κ1) is 29.3. The van der Waals surface area contributed by atoms with E-state index in [9.17, 15) is 0 Å². The van der Waals surface area contributed by atoms with Gasteiger partial charge in [-0.3, -0.25) is 0 Å². The summed E-state index contributed by atoms with van der Waals surface area (Å²) in [6.45, 7) is 13.5. The van der Waals surface area contributed by atoms with E-state index in [1.54, 1.807) is 0 Å². The van der Waals surface area contributed by atoms with Gasteiger partial charge in [-0.2, -0.15) is 0 Å². The van der Waals surface area contributed by atoms with Gasteiger partial charge in [0.1, 0.15) is 0 Å². The average molecular weight is 608 g/mol. The van der Waals surface area contributed by atoms with Gasteiger partial charge in [-0.1, -0.05) is 107 Å². The van der Waals surface area contributed by atoms with Crippen LogP contribution in [0.25, 0.3) is 54.9 Å². The predicted octanol–water partition coefficient (Wildman–Crippen LogP) is 13.5. The molecule has 0 heterocycles. The van der Waals surface area contributed by atoms with Gasteiger partial charge in [0.25, 0.3) is 0 Å². The summed E-state index contributed by atoms with van der Waals surface area (Å²) in [5.74, 6) is 0.465. The Morgan fingerprint density at radius 1 is 0.489 bits per heavy atom. The molecule has 0 atom stereocenters. The van der Waals surface area contributed by atoms with E-state index in [0.717, 1.165) is 0 Å². The van der Waals surface area contributed by atoms with Gasteiger partial charge in [0.05, 0.1) is 0 Å². The van der Waals surface area contributed by atoms with Crippen LogP contribution in [0.3, 0.4) is 0 Å². The zero-order valence-corrected chi connectivity index (χ0v) is 28.2. The van der Waals surface area contributed by atoms with Gasteiger partial charge in [0.2, 0.25) is 0 Å². The molecule has 0 amide bonds. The van der Waals surface area contributed by atoms with Crippen molar-refractivity contribution in [3.63, 3.8) is 0 Å². The van der Waals surface area contributed by atoms with Crippen molar-refractivity contribution < 1.29 is 0 Å². The molecule has 230 valence electrons. The fourth-order valence-electron chi connectivity index (χ4n) is 7.16. The van der Waals surface area contributed by atoms with Crippen molar-refractivity contribution in [2.24, 2.45) is 0 Å². The summed E-state index contributed by atoms with van der Waals surface area (Å²) < 4.78 is 0. The minimum atomic E-state index is 0.156. The molecule has 0 aromatic heterocycles. The Labute approximate surface area is 279 Å². The summed E-state index contributed by atoms with van der Waals surface area (Å²) in [6, 6.07) is 50.1. The molecule has 7 aromatic carbocycles. The highest BCUT2D eigenvalue weighted by molar-refractivity contribution is 6.12. The molecular weight excluding hydrogens is 567 g/mol. The maximum Gasteiger partial charge on any atom is 0.0490 e. The summed E-state index contributed by atoms with van der Waals surface area (Å²) in [5, 5.41) is 5.11. The summed E-state index contributed by atoms with van der Waals surface area (Å²) in [7, 11) is 0. The van der Waals surface area contributed by atoms with Crippen molar-refractivity contribution in [2.75, 3.05) is 4.90 Å². The van der Waals surface area contributed by atoms with E-state index in [-0.39, 0.29) is 5.41 Å². The molecule has 47 heavy (non-hydrogen) atoms. The number of aryl methyl sites for hydroxylation is 1. The van der Waals surface area contributed by atoms with Crippen LogP contribution in [0.5, 0.6) is 0 Å². The SMILES string of the molecule is Cc1ccccc1N(c1cccc(C(C)C)c1)c1ccc2cc3c(cc2c1)-c1cc2ccc(-c4ccc(C(C)(C)C)cc4)cc2cc1-3. The topological polar surface area (TPSA) is 3.24 Å². The molecule has 0 saturated carbocycles. The van der Waals surface area contributed by atoms with Crippen molar-refractivity contribution in [1.29, 1.82) is 0 Å². The number of anilines is 3. The minimum absolute atomic E-state index is 0.156. The van der Waals surface area contributed by atoms with Crippen LogP contribution < -0.4 is 4.90 Å². The molecule has 1 heteroatoms. The van der Waals surface area contributed by atoms with E-state index in [1.807, 2.05) is 0 Å². The maximum atomic E-state index is 2.41. The number of para-hydroxylation sites is 1. The van der Waals surface area contributed by atoms with Gasteiger partial charge in [-0.15, -0.1) is 0 Å². The lowest BCUT2D eigenvalue weighted by Gasteiger charge is -2.29. The Hall–Kier alpha value is -5.14. The van der Waals surface area contributed by atoms with Crippen molar-refractivity contribution in [3.05, 3.63) is 150 Å². The van der Waals surface area contributed by atoms with E-state index in [2.05, 4.69) is 180 Å². The molecule has 1 aliphatic rings. The first-order chi connectivity index (χ1) is 22.6. The fourth-order valence-corrected chi connectivity index (χ4v) is 7.16. The molecule has 1 aliphatic carbocycles. The van der Waals surface area contributed by atoms with Crippen LogP contribution in [-0.2, 0) is 5.41 Å². The van der Waals surface area contributed by atoms with Crippen molar-refractivity contribution in [2.45, 2.75) is 52.9 Å². The summed E-state index contributed by atoms with van der Waals surface area (Å²) >= 11 is 0. The monoisotopic (exact) mass is 607 g/mol. The van der Waals surface area contributed by atoms with Crippen molar-refractivity contribution >= 4 is 38.6 Å². The van der Waals surface area contributed by atoms with Crippen LogP contribution in [0, 0.1) is 6.92 Å². The standard InChI is InChI=1S/C46H41N/c1-29(2)32-11-9-12-39(23-32)47(45-13-8-7-10-30(45)3)40-21-18-35-26-42-43-27-36-22-33(31-16-19-38(20-17-31)46(4,5)6)14-15-34(36)25-41(43)44(42)28-37(35)24-40/h7-29H,1-6H3. The maximum absolute atomic E-state index is 2.41. The van der Waals surface area contributed by atoms with E-state index >= 15 is 0 Å². The number of nitrogens with zero attached hydrogens (tertiary/aromatic N) is 1. The van der Waals surface area contributed by atoms with Crippen LogP contribution in [-0.4, -0.2) is 0 Å². The largest absolute Gasteiger partial charge is 0.310 e. The van der Waals surface area contributed by atoms with Crippen molar-refractivity contribution in [1.82, 2.24) is 0 Å².